The van der Waals surface area contributed by atoms with Crippen LogP contribution in [0.3, 0.4) is 0 Å². The average Bonchev–Trinajstić information content (AvgIpc) is 2.50. The van der Waals surface area contributed by atoms with Gasteiger partial charge in [0.1, 0.15) is 11.6 Å². The van der Waals surface area contributed by atoms with Gasteiger partial charge in [0, 0.05) is 17.9 Å². The van der Waals surface area contributed by atoms with Crippen LogP contribution < -0.4 is 10.6 Å². The first kappa shape index (κ1) is 15.1. The molecule has 0 atom stereocenters. The zero-order chi connectivity index (χ0) is 15.1. The molecule has 0 aromatic heterocycles. The lowest BCUT2D eigenvalue weighted by Crippen LogP contribution is -2.37. The second kappa shape index (κ2) is 7.49. The standard InChI is InChI=1S/C17H21N3O/c1-13-7-5-6-10-16(13)19-12-14(11-18)17(21)20-15-8-3-2-4-9-15/h5-7,10,12,15,19H,2-4,8-9H2,1H3,(H,20,21)/b14-12-. The number of carbonyl (C=O) groups excluding carboxylic acids is 1. The fourth-order valence-electron chi connectivity index (χ4n) is 2.54. The van der Waals surface area contributed by atoms with E-state index in [1.165, 1.54) is 12.6 Å². The first-order valence-corrected chi connectivity index (χ1v) is 7.44. The summed E-state index contributed by atoms with van der Waals surface area (Å²) < 4.78 is 0. The van der Waals surface area contributed by atoms with Gasteiger partial charge in [-0.05, 0) is 31.4 Å². The molecule has 4 nitrogen and oxygen atoms in total. The maximum atomic E-state index is 12.1. The van der Waals surface area contributed by atoms with Gasteiger partial charge in [-0.15, -0.1) is 0 Å². The van der Waals surface area contributed by atoms with Crippen molar-refractivity contribution in [3.63, 3.8) is 0 Å². The highest BCUT2D eigenvalue weighted by molar-refractivity contribution is 5.97. The number of nitrogens with zero attached hydrogens (tertiary/aromatic N) is 1. The fraction of sp³-hybridized carbons (Fsp3) is 0.412. The highest BCUT2D eigenvalue weighted by Gasteiger charge is 2.17. The molecule has 21 heavy (non-hydrogen) atoms. The topological polar surface area (TPSA) is 64.9 Å². The zero-order valence-corrected chi connectivity index (χ0v) is 12.4. The molecule has 2 N–H and O–H groups in total. The second-order valence-corrected chi connectivity index (χ2v) is 5.44. The Labute approximate surface area is 125 Å². The molecule has 1 aliphatic rings. The molecule has 0 unspecified atom stereocenters. The van der Waals surface area contributed by atoms with Crippen LogP contribution in [0, 0.1) is 18.3 Å². The lowest BCUT2D eigenvalue weighted by molar-refractivity contribution is -0.118. The van der Waals surface area contributed by atoms with Gasteiger partial charge in [0.25, 0.3) is 5.91 Å². The SMILES string of the molecule is Cc1ccccc1N/C=C(/C#N)C(=O)NC1CCCCC1. The highest BCUT2D eigenvalue weighted by atomic mass is 16.1. The molecule has 0 spiro atoms. The minimum Gasteiger partial charge on any atom is -0.360 e. The van der Waals surface area contributed by atoms with Gasteiger partial charge in [-0.1, -0.05) is 37.5 Å². The summed E-state index contributed by atoms with van der Waals surface area (Å²) >= 11 is 0. The molecule has 1 aliphatic carbocycles. The van der Waals surface area contributed by atoms with Gasteiger partial charge in [-0.25, -0.2) is 0 Å². The summed E-state index contributed by atoms with van der Waals surface area (Å²) in [5.74, 6) is -0.287. The van der Waals surface area contributed by atoms with Crippen molar-refractivity contribution in [3.05, 3.63) is 41.6 Å². The van der Waals surface area contributed by atoms with Gasteiger partial charge in [-0.3, -0.25) is 4.79 Å². The van der Waals surface area contributed by atoms with E-state index in [0.29, 0.717) is 0 Å². The summed E-state index contributed by atoms with van der Waals surface area (Å²) in [4.78, 5) is 12.1. The van der Waals surface area contributed by atoms with Crippen LogP contribution in [0.15, 0.2) is 36.0 Å². The zero-order valence-electron chi connectivity index (χ0n) is 12.4. The molecule has 2 rings (SSSR count). The van der Waals surface area contributed by atoms with E-state index in [4.69, 9.17) is 5.26 Å². The first-order valence-electron chi connectivity index (χ1n) is 7.44. The van der Waals surface area contributed by atoms with E-state index in [9.17, 15) is 4.79 Å². The predicted molar refractivity (Wildman–Crippen MR) is 83.5 cm³/mol. The second-order valence-electron chi connectivity index (χ2n) is 5.44. The van der Waals surface area contributed by atoms with Crippen LogP contribution in [0.5, 0.6) is 0 Å². The van der Waals surface area contributed by atoms with Crippen LogP contribution in [0.25, 0.3) is 0 Å². The van der Waals surface area contributed by atoms with Gasteiger partial charge in [0.05, 0.1) is 0 Å². The van der Waals surface area contributed by atoms with Gasteiger partial charge in [-0.2, -0.15) is 5.26 Å². The number of hydrogen-bond acceptors (Lipinski definition) is 3. The molecule has 1 aromatic rings. The molecule has 110 valence electrons. The van der Waals surface area contributed by atoms with Crippen molar-refractivity contribution in [3.8, 4) is 6.07 Å². The molecule has 1 saturated carbocycles. The van der Waals surface area contributed by atoms with E-state index in [0.717, 1.165) is 36.9 Å². The molecule has 1 amide bonds. The Bertz CT molecular complexity index is 566. The number of nitriles is 1. The summed E-state index contributed by atoms with van der Waals surface area (Å²) in [5, 5.41) is 15.1. The highest BCUT2D eigenvalue weighted by Crippen LogP contribution is 2.18. The van der Waals surface area contributed by atoms with Crippen LogP contribution in [0.1, 0.15) is 37.7 Å². The Morgan fingerprint density at radius 3 is 2.67 bits per heavy atom. The molecular weight excluding hydrogens is 262 g/mol. The lowest BCUT2D eigenvalue weighted by Gasteiger charge is -2.22. The van der Waals surface area contributed by atoms with E-state index in [1.54, 1.807) is 0 Å². The monoisotopic (exact) mass is 283 g/mol. The number of anilines is 1. The van der Waals surface area contributed by atoms with Gasteiger partial charge in [0.2, 0.25) is 0 Å². The Morgan fingerprint density at radius 2 is 2.00 bits per heavy atom. The van der Waals surface area contributed by atoms with E-state index in [1.807, 2.05) is 37.3 Å². The molecule has 1 fully saturated rings. The summed E-state index contributed by atoms with van der Waals surface area (Å²) in [5.41, 5.74) is 2.08. The Balaban J connectivity index is 1.98. The number of rotatable bonds is 4. The summed E-state index contributed by atoms with van der Waals surface area (Å²) in [6.07, 6.45) is 7.05. The van der Waals surface area contributed by atoms with Gasteiger partial charge < -0.3 is 10.6 Å². The number of amides is 1. The predicted octanol–water partition coefficient (Wildman–Crippen LogP) is 3.26. The molecular formula is C17H21N3O. The van der Waals surface area contributed by atoms with Crippen molar-refractivity contribution < 1.29 is 4.79 Å². The van der Waals surface area contributed by atoms with Gasteiger partial charge in [0.15, 0.2) is 0 Å². The van der Waals surface area contributed by atoms with Crippen molar-refractivity contribution in [2.75, 3.05) is 5.32 Å². The van der Waals surface area contributed by atoms with Crippen LogP contribution in [0.4, 0.5) is 5.69 Å². The smallest absolute Gasteiger partial charge is 0.263 e. The molecule has 1 aromatic carbocycles. The number of carbonyl (C=O) groups is 1. The van der Waals surface area contributed by atoms with E-state index < -0.39 is 0 Å². The number of benzene rings is 1. The van der Waals surface area contributed by atoms with Crippen molar-refractivity contribution in [1.29, 1.82) is 5.26 Å². The number of aryl methyl sites for hydroxylation is 1. The van der Waals surface area contributed by atoms with E-state index >= 15 is 0 Å². The quantitative estimate of drug-likeness (QED) is 0.658. The maximum absolute atomic E-state index is 12.1. The van der Waals surface area contributed by atoms with Crippen LogP contribution in [-0.2, 0) is 4.79 Å². The molecule has 0 saturated heterocycles. The van der Waals surface area contributed by atoms with Crippen LogP contribution >= 0.6 is 0 Å². The molecule has 0 radical (unpaired) electrons. The molecule has 0 aliphatic heterocycles. The Kier molecular flexibility index (Phi) is 5.39. The molecule has 0 heterocycles. The van der Waals surface area contributed by atoms with E-state index in [-0.39, 0.29) is 17.5 Å². The lowest BCUT2D eigenvalue weighted by atomic mass is 9.95. The Hall–Kier alpha value is -2.28. The van der Waals surface area contributed by atoms with Gasteiger partial charge >= 0.3 is 0 Å². The summed E-state index contributed by atoms with van der Waals surface area (Å²) in [7, 11) is 0. The fourth-order valence-corrected chi connectivity index (χ4v) is 2.54. The van der Waals surface area contributed by atoms with Crippen molar-refractivity contribution >= 4 is 11.6 Å². The first-order chi connectivity index (χ1) is 10.2. The molecule has 0 bridgehead atoms. The third-order valence-corrected chi connectivity index (χ3v) is 3.82. The number of hydrogen-bond donors (Lipinski definition) is 2. The summed E-state index contributed by atoms with van der Waals surface area (Å²) in [6, 6.07) is 9.93. The van der Waals surface area contributed by atoms with Crippen molar-refractivity contribution in [2.45, 2.75) is 45.1 Å². The normalized spacial score (nSPS) is 16.1. The third-order valence-electron chi connectivity index (χ3n) is 3.82. The Morgan fingerprint density at radius 1 is 1.29 bits per heavy atom. The minimum absolute atomic E-state index is 0.115. The van der Waals surface area contributed by atoms with Crippen molar-refractivity contribution in [2.24, 2.45) is 0 Å². The maximum Gasteiger partial charge on any atom is 0.263 e. The minimum atomic E-state index is -0.287. The number of para-hydroxylation sites is 1. The number of nitrogens with one attached hydrogen (secondary N) is 2. The molecule has 4 heteroatoms. The van der Waals surface area contributed by atoms with Crippen LogP contribution in [-0.4, -0.2) is 11.9 Å². The van der Waals surface area contributed by atoms with E-state index in [2.05, 4.69) is 10.6 Å². The van der Waals surface area contributed by atoms with Crippen LogP contribution in [0.2, 0.25) is 0 Å². The average molecular weight is 283 g/mol. The third kappa shape index (κ3) is 4.35. The van der Waals surface area contributed by atoms with Crippen molar-refractivity contribution in [1.82, 2.24) is 5.32 Å². The largest absolute Gasteiger partial charge is 0.360 e. The summed E-state index contributed by atoms with van der Waals surface area (Å²) in [6.45, 7) is 1.98.